The number of rotatable bonds is 1. The third-order valence-electron chi connectivity index (χ3n) is 4.42. The zero-order valence-corrected chi connectivity index (χ0v) is 18.0. The summed E-state index contributed by atoms with van der Waals surface area (Å²) in [7, 11) is 0. The second-order valence-electron chi connectivity index (χ2n) is 5.97. The van der Waals surface area contributed by atoms with Gasteiger partial charge in [0.1, 0.15) is 0 Å². The molecule has 0 bridgehead atoms. The number of fused-ring (bicyclic) bond motifs is 3. The van der Waals surface area contributed by atoms with E-state index in [1.807, 2.05) is 0 Å². The second-order valence-corrected chi connectivity index (χ2v) is 7.30. The molecule has 0 aromatic heterocycles. The molecule has 0 unspecified atom stereocenters. The molecular formula is C21H21Cl2Zr. The summed E-state index contributed by atoms with van der Waals surface area (Å²) in [6.45, 7) is 4.36. The maximum atomic E-state index is 2.28. The van der Waals surface area contributed by atoms with Gasteiger partial charge in [-0.3, -0.25) is 0 Å². The Balaban J connectivity index is 0.000000252. The van der Waals surface area contributed by atoms with E-state index in [1.54, 1.807) is 11.1 Å². The minimum absolute atomic E-state index is 0. The van der Waals surface area contributed by atoms with Crippen LogP contribution in [-0.4, -0.2) is 0 Å². The summed E-state index contributed by atoms with van der Waals surface area (Å²) in [6, 6.07) is 15.4. The van der Waals surface area contributed by atoms with Crippen molar-refractivity contribution < 1.29 is 49.5 Å². The van der Waals surface area contributed by atoms with Crippen LogP contribution in [0.2, 0.25) is 0 Å². The summed E-state index contributed by atoms with van der Waals surface area (Å²) in [4.78, 5) is 0. The van der Waals surface area contributed by atoms with Crippen LogP contribution in [0.5, 0.6) is 0 Å². The number of allylic oxidation sites excluding steroid dienone is 4. The average Bonchev–Trinajstić information content (AvgIpc) is 3.12. The van der Waals surface area contributed by atoms with Crippen LogP contribution in [0.25, 0.3) is 11.1 Å². The Hall–Kier alpha value is -0.617. The molecule has 0 nitrogen and oxygen atoms in total. The Kier molecular flexibility index (Phi) is 8.71. The topological polar surface area (TPSA) is 0 Å². The Bertz CT molecular complexity index is 760. The zero-order chi connectivity index (χ0) is 15.5. The molecule has 2 aromatic carbocycles. The molecule has 0 aliphatic heterocycles. The van der Waals surface area contributed by atoms with Gasteiger partial charge in [0.15, 0.2) is 0 Å². The van der Waals surface area contributed by atoms with Crippen molar-refractivity contribution in [2.45, 2.75) is 33.1 Å². The van der Waals surface area contributed by atoms with Crippen LogP contribution in [0.15, 0.2) is 65.8 Å². The quantitative estimate of drug-likeness (QED) is 0.466. The molecule has 3 heteroatoms. The zero-order valence-electron chi connectivity index (χ0n) is 14.1. The van der Waals surface area contributed by atoms with E-state index in [4.69, 9.17) is 0 Å². The normalized spacial score (nSPS) is 13.3. The monoisotopic (exact) mass is 433 g/mol. The van der Waals surface area contributed by atoms with Gasteiger partial charge >= 0.3 is 99.1 Å². The molecule has 4 rings (SSSR count). The number of hydrogen-bond acceptors (Lipinski definition) is 0. The fourth-order valence-corrected chi connectivity index (χ4v) is 3.92. The van der Waals surface area contributed by atoms with Crippen LogP contribution in [-0.2, 0) is 31.1 Å². The predicted octanol–water partition coefficient (Wildman–Crippen LogP) is -0.889. The van der Waals surface area contributed by atoms with Gasteiger partial charge in [0.25, 0.3) is 0 Å². The number of hydrogen-bond donors (Lipinski definition) is 0. The Labute approximate surface area is 173 Å². The van der Waals surface area contributed by atoms with Crippen LogP contribution in [0.1, 0.15) is 37.8 Å². The molecule has 0 radical (unpaired) electrons. The molecule has 24 heavy (non-hydrogen) atoms. The number of halogens is 2. The molecular weight excluding hydrogens is 414 g/mol. The molecule has 123 valence electrons. The van der Waals surface area contributed by atoms with Crippen LogP contribution < -0.4 is 28.1 Å². The fourth-order valence-electron chi connectivity index (χ4n) is 3.14. The van der Waals surface area contributed by atoms with E-state index in [1.165, 1.54) is 63.1 Å². The Morgan fingerprint density at radius 3 is 2.29 bits per heavy atom. The van der Waals surface area contributed by atoms with Gasteiger partial charge in [0, 0.05) is 0 Å². The van der Waals surface area contributed by atoms with Crippen molar-refractivity contribution >= 4 is 3.27 Å². The van der Waals surface area contributed by atoms with Crippen LogP contribution in [0.4, 0.5) is 0 Å². The molecule has 2 aliphatic rings. The maximum absolute atomic E-state index is 2.28. The van der Waals surface area contributed by atoms with Crippen molar-refractivity contribution in [3.63, 3.8) is 0 Å². The molecule has 0 atom stereocenters. The van der Waals surface area contributed by atoms with Crippen molar-refractivity contribution in [3.8, 4) is 11.1 Å². The summed E-state index contributed by atoms with van der Waals surface area (Å²) in [5, 5.41) is 0. The summed E-state index contributed by atoms with van der Waals surface area (Å²) < 4.78 is 1.51. The first-order chi connectivity index (χ1) is 10.7. The minimum atomic E-state index is 0. The van der Waals surface area contributed by atoms with Gasteiger partial charge in [-0.2, -0.15) is 0 Å². The molecule has 0 saturated carbocycles. The predicted molar refractivity (Wildman–Crippen MR) is 91.1 cm³/mol. The van der Waals surface area contributed by atoms with Crippen molar-refractivity contribution in [2.24, 2.45) is 0 Å². The first-order valence-electron chi connectivity index (χ1n) is 7.97. The van der Waals surface area contributed by atoms with Crippen molar-refractivity contribution in [2.75, 3.05) is 0 Å². The molecule has 2 aromatic rings. The van der Waals surface area contributed by atoms with Crippen LogP contribution >= 0.6 is 0 Å². The molecule has 0 N–H and O–H groups in total. The van der Waals surface area contributed by atoms with Gasteiger partial charge in [-0.25, -0.2) is 0 Å². The van der Waals surface area contributed by atoms with Gasteiger partial charge < -0.3 is 24.8 Å². The molecule has 0 saturated heterocycles. The second kappa shape index (κ2) is 9.76. The van der Waals surface area contributed by atoms with Gasteiger partial charge in [0.05, 0.1) is 0 Å². The summed E-state index contributed by atoms with van der Waals surface area (Å²) in [6.07, 6.45) is 8.10. The third kappa shape index (κ3) is 4.72. The summed E-state index contributed by atoms with van der Waals surface area (Å²) in [5.41, 5.74) is 8.93. The van der Waals surface area contributed by atoms with E-state index in [-0.39, 0.29) is 24.8 Å². The molecule has 0 spiro atoms. The molecule has 0 amide bonds. The fraction of sp³-hybridized carbons (Fsp3) is 0.238. The van der Waals surface area contributed by atoms with Crippen molar-refractivity contribution in [1.82, 2.24) is 0 Å². The molecule has 2 aliphatic carbocycles. The van der Waals surface area contributed by atoms with Crippen LogP contribution in [0, 0.1) is 0 Å². The van der Waals surface area contributed by atoms with Gasteiger partial charge in [0.2, 0.25) is 0 Å². The van der Waals surface area contributed by atoms with Gasteiger partial charge in [-0.1, -0.05) is 30.2 Å². The Morgan fingerprint density at radius 2 is 1.67 bits per heavy atom. The van der Waals surface area contributed by atoms with Gasteiger partial charge in [-0.05, 0) is 19.8 Å². The first kappa shape index (κ1) is 21.4. The summed E-state index contributed by atoms with van der Waals surface area (Å²) >= 11 is 1.52. The van der Waals surface area contributed by atoms with E-state index in [0.29, 0.717) is 0 Å². The Morgan fingerprint density at radius 1 is 0.958 bits per heavy atom. The first-order valence-corrected chi connectivity index (χ1v) is 9.20. The van der Waals surface area contributed by atoms with Crippen molar-refractivity contribution in [1.29, 1.82) is 0 Å². The van der Waals surface area contributed by atoms with Gasteiger partial charge in [-0.15, -0.1) is 0 Å². The van der Waals surface area contributed by atoms with E-state index in [2.05, 4.69) is 68.5 Å². The third-order valence-corrected chi connectivity index (χ3v) is 5.57. The average molecular weight is 436 g/mol. The van der Waals surface area contributed by atoms with Crippen LogP contribution in [0.3, 0.4) is 0 Å². The van der Waals surface area contributed by atoms with E-state index in [0.717, 1.165) is 6.42 Å². The number of benzene rings is 2. The van der Waals surface area contributed by atoms with E-state index in [9.17, 15) is 0 Å². The molecule has 0 fully saturated rings. The summed E-state index contributed by atoms with van der Waals surface area (Å²) in [5.74, 6) is 0. The standard InChI is InChI=1S/C13H9.C8H12.2ClH.Zr/c1-3-7-12-10(5-1)9-11-6-2-4-8-13(11)12;1-3-8-5-4-7(2)6-8;;;/h1-5,7-8H,9H2;4,6H,3,5H2,1-2H3;2*1H;/q;;;;+2/p-2. The van der Waals surface area contributed by atoms with E-state index < -0.39 is 0 Å². The molecule has 0 heterocycles. The van der Waals surface area contributed by atoms with Crippen molar-refractivity contribution in [3.05, 3.63) is 76.9 Å². The SMILES string of the molecule is CCC1=CC(C)=CC1.[Cl-].[Cl-].[Zr+2][c]1cccc2c1Cc1ccccc1-2. The van der Waals surface area contributed by atoms with E-state index >= 15 is 0 Å².